The van der Waals surface area contributed by atoms with Crippen molar-refractivity contribution < 1.29 is 14.5 Å². The van der Waals surface area contributed by atoms with E-state index in [2.05, 4.69) is 4.98 Å². The van der Waals surface area contributed by atoms with Crippen molar-refractivity contribution in [2.24, 2.45) is 5.92 Å². The summed E-state index contributed by atoms with van der Waals surface area (Å²) in [5, 5.41) is 11.7. The van der Waals surface area contributed by atoms with Gasteiger partial charge in [-0.25, -0.2) is 4.79 Å². The van der Waals surface area contributed by atoms with Crippen LogP contribution in [0.25, 0.3) is 5.65 Å². The second-order valence-electron chi connectivity index (χ2n) is 8.26. The van der Waals surface area contributed by atoms with Crippen LogP contribution in [0.4, 0.5) is 16.4 Å². The van der Waals surface area contributed by atoms with Gasteiger partial charge in [0.2, 0.25) is 11.5 Å². The quantitative estimate of drug-likeness (QED) is 0.588. The van der Waals surface area contributed by atoms with Crippen molar-refractivity contribution in [1.29, 1.82) is 0 Å². The van der Waals surface area contributed by atoms with E-state index in [0.717, 1.165) is 12.8 Å². The van der Waals surface area contributed by atoms with Gasteiger partial charge in [-0.2, -0.15) is 9.38 Å². The number of nitrogens with zero attached hydrogens (tertiary/aromatic N) is 5. The molecular weight excluding hydrogens is 362 g/mol. The number of fused-ring (bicyclic) bond motifs is 1. The third-order valence-electron chi connectivity index (χ3n) is 4.72. The van der Waals surface area contributed by atoms with Gasteiger partial charge >= 0.3 is 11.9 Å². The minimum absolute atomic E-state index is 0.0169. The van der Waals surface area contributed by atoms with E-state index in [-0.39, 0.29) is 22.8 Å². The van der Waals surface area contributed by atoms with Crippen LogP contribution < -0.4 is 4.90 Å². The van der Waals surface area contributed by atoms with Gasteiger partial charge in [0.05, 0.1) is 6.20 Å². The third kappa shape index (κ3) is 4.35. The second-order valence-corrected chi connectivity index (χ2v) is 8.26. The molecule has 0 aromatic carbocycles. The summed E-state index contributed by atoms with van der Waals surface area (Å²) in [5.41, 5.74) is 0.0124. The summed E-state index contributed by atoms with van der Waals surface area (Å²) in [4.78, 5) is 31.6. The van der Waals surface area contributed by atoms with Gasteiger partial charge in [-0.1, -0.05) is 6.07 Å². The molecule has 3 rings (SSSR count). The van der Waals surface area contributed by atoms with Crippen LogP contribution in [0.2, 0.25) is 0 Å². The van der Waals surface area contributed by atoms with Crippen LogP contribution in [0.15, 0.2) is 24.4 Å². The van der Waals surface area contributed by atoms with Gasteiger partial charge < -0.3 is 24.7 Å². The van der Waals surface area contributed by atoms with Crippen LogP contribution >= 0.6 is 0 Å². The number of anilines is 1. The number of piperidine rings is 1. The Bertz CT molecular complexity index is 873. The molecule has 0 saturated carbocycles. The molecule has 3 heterocycles. The van der Waals surface area contributed by atoms with E-state index in [0.29, 0.717) is 31.1 Å². The largest absolute Gasteiger partial charge is 0.444 e. The van der Waals surface area contributed by atoms with E-state index in [1.54, 1.807) is 30.3 Å². The van der Waals surface area contributed by atoms with E-state index in [1.807, 2.05) is 31.7 Å². The number of amides is 1. The number of carbonyl (C=O) groups is 1. The Morgan fingerprint density at radius 2 is 2.18 bits per heavy atom. The van der Waals surface area contributed by atoms with Crippen molar-refractivity contribution in [2.75, 3.05) is 31.6 Å². The molecule has 2 aromatic rings. The highest BCUT2D eigenvalue weighted by molar-refractivity contribution is 5.68. The average molecular weight is 389 g/mol. The highest BCUT2D eigenvalue weighted by atomic mass is 16.6. The van der Waals surface area contributed by atoms with Crippen molar-refractivity contribution in [3.8, 4) is 0 Å². The van der Waals surface area contributed by atoms with Gasteiger partial charge in [0.15, 0.2) is 0 Å². The number of aromatic nitrogens is 2. The average Bonchev–Trinajstić information content (AvgIpc) is 3.00. The maximum atomic E-state index is 12.2. The molecule has 1 aliphatic heterocycles. The van der Waals surface area contributed by atoms with Gasteiger partial charge in [0.25, 0.3) is 0 Å². The number of rotatable bonds is 4. The molecule has 1 aliphatic rings. The van der Waals surface area contributed by atoms with E-state index < -0.39 is 5.60 Å². The summed E-state index contributed by atoms with van der Waals surface area (Å²) in [5.74, 6) is 0.563. The fraction of sp³-hybridized carbons (Fsp3) is 0.579. The molecule has 1 unspecified atom stereocenters. The van der Waals surface area contributed by atoms with Crippen LogP contribution in [-0.2, 0) is 4.74 Å². The lowest BCUT2D eigenvalue weighted by molar-refractivity contribution is -0.389. The van der Waals surface area contributed by atoms with Gasteiger partial charge in [-0.3, -0.25) is 0 Å². The van der Waals surface area contributed by atoms with E-state index in [4.69, 9.17) is 4.74 Å². The smallest absolute Gasteiger partial charge is 0.410 e. The molecule has 2 aromatic heterocycles. The Balaban J connectivity index is 1.75. The Labute approximate surface area is 164 Å². The first-order chi connectivity index (χ1) is 13.2. The number of imidazole rings is 1. The molecule has 0 N–H and O–H groups in total. The maximum absolute atomic E-state index is 12.2. The standard InChI is InChI=1S/C19H27N5O4/c1-19(2,3)28-18(25)21(4)12-14-8-7-10-22(13-14)16-17(24(26)27)23-11-6-5-9-15(23)20-16/h5-6,9,11,14H,7-8,10,12-13H2,1-4H3. The van der Waals surface area contributed by atoms with Gasteiger partial charge in [0, 0.05) is 32.7 Å². The summed E-state index contributed by atoms with van der Waals surface area (Å²) in [6, 6.07) is 5.32. The zero-order valence-corrected chi connectivity index (χ0v) is 16.8. The molecule has 1 fully saturated rings. The lowest BCUT2D eigenvalue weighted by atomic mass is 9.97. The summed E-state index contributed by atoms with van der Waals surface area (Å²) in [7, 11) is 1.72. The highest BCUT2D eigenvalue weighted by Crippen LogP contribution is 2.32. The van der Waals surface area contributed by atoms with Gasteiger partial charge in [-0.15, -0.1) is 0 Å². The number of nitro groups is 1. The molecule has 1 saturated heterocycles. The second kappa shape index (κ2) is 7.65. The van der Waals surface area contributed by atoms with Crippen molar-refractivity contribution in [1.82, 2.24) is 14.3 Å². The SMILES string of the molecule is CN(CC1CCCN(c2nc3ccccn3c2[N+](=O)[O-])C1)C(=O)OC(C)(C)C. The Hall–Kier alpha value is -2.84. The van der Waals surface area contributed by atoms with E-state index in [9.17, 15) is 14.9 Å². The predicted molar refractivity (Wildman–Crippen MR) is 106 cm³/mol. The molecule has 1 atom stereocenters. The molecule has 1 amide bonds. The molecule has 0 bridgehead atoms. The third-order valence-corrected chi connectivity index (χ3v) is 4.72. The summed E-state index contributed by atoms with van der Waals surface area (Å²) < 4.78 is 6.92. The highest BCUT2D eigenvalue weighted by Gasteiger charge is 2.31. The van der Waals surface area contributed by atoms with Crippen molar-refractivity contribution in [3.63, 3.8) is 0 Å². The van der Waals surface area contributed by atoms with Crippen LogP contribution in [0.1, 0.15) is 33.6 Å². The van der Waals surface area contributed by atoms with Crippen LogP contribution in [0, 0.1) is 16.0 Å². The molecule has 28 heavy (non-hydrogen) atoms. The van der Waals surface area contributed by atoms with E-state index >= 15 is 0 Å². The summed E-state index contributed by atoms with van der Waals surface area (Å²) >= 11 is 0. The van der Waals surface area contributed by atoms with Crippen molar-refractivity contribution >= 4 is 23.4 Å². The molecule has 152 valence electrons. The molecule has 9 nitrogen and oxygen atoms in total. The number of carbonyl (C=O) groups excluding carboxylic acids is 1. The van der Waals surface area contributed by atoms with Gasteiger partial charge in [-0.05, 0) is 50.5 Å². The molecule has 9 heteroatoms. The molecule has 0 aliphatic carbocycles. The van der Waals surface area contributed by atoms with Crippen LogP contribution in [-0.4, -0.2) is 57.6 Å². The fourth-order valence-electron chi connectivity index (χ4n) is 3.56. The van der Waals surface area contributed by atoms with Gasteiger partial charge in [0.1, 0.15) is 5.60 Å². The minimum Gasteiger partial charge on any atom is -0.444 e. The lowest BCUT2D eigenvalue weighted by Gasteiger charge is -2.34. The monoisotopic (exact) mass is 389 g/mol. The lowest BCUT2D eigenvalue weighted by Crippen LogP contribution is -2.43. The normalized spacial score (nSPS) is 17.6. The Morgan fingerprint density at radius 1 is 1.43 bits per heavy atom. The zero-order chi connectivity index (χ0) is 20.5. The topological polar surface area (TPSA) is 93.2 Å². The minimum atomic E-state index is -0.541. The summed E-state index contributed by atoms with van der Waals surface area (Å²) in [6.45, 7) is 7.36. The van der Waals surface area contributed by atoms with E-state index in [1.165, 1.54) is 4.40 Å². The number of ether oxygens (including phenoxy) is 1. The molecule has 0 radical (unpaired) electrons. The Kier molecular flexibility index (Phi) is 5.44. The van der Waals surface area contributed by atoms with Crippen LogP contribution in [0.3, 0.4) is 0 Å². The number of pyridine rings is 1. The fourth-order valence-corrected chi connectivity index (χ4v) is 3.56. The first-order valence-electron chi connectivity index (χ1n) is 9.46. The van der Waals surface area contributed by atoms with Crippen molar-refractivity contribution in [2.45, 2.75) is 39.2 Å². The predicted octanol–water partition coefficient (Wildman–Crippen LogP) is 3.33. The number of hydrogen-bond acceptors (Lipinski definition) is 6. The number of hydrogen-bond donors (Lipinski definition) is 0. The molecule has 0 spiro atoms. The first-order valence-corrected chi connectivity index (χ1v) is 9.46. The van der Waals surface area contributed by atoms with Crippen LogP contribution in [0.5, 0.6) is 0 Å². The first kappa shape index (κ1) is 19.9. The van der Waals surface area contributed by atoms with Crippen molar-refractivity contribution in [3.05, 3.63) is 34.5 Å². The zero-order valence-electron chi connectivity index (χ0n) is 16.8. The molecular formula is C19H27N5O4. The maximum Gasteiger partial charge on any atom is 0.410 e. The summed E-state index contributed by atoms with van der Waals surface area (Å²) in [6.07, 6.45) is 3.13. The Morgan fingerprint density at radius 3 is 2.86 bits per heavy atom.